The molecule has 0 aliphatic carbocycles. The number of hydrogen-bond acceptors (Lipinski definition) is 3. The minimum atomic E-state index is -0.927. The first-order valence-electron chi connectivity index (χ1n) is 8.73. The molecule has 5 heteroatoms. The summed E-state index contributed by atoms with van der Waals surface area (Å²) in [6, 6.07) is 16.7. The van der Waals surface area contributed by atoms with Crippen molar-refractivity contribution >= 4 is 11.9 Å². The van der Waals surface area contributed by atoms with Crippen LogP contribution in [0.3, 0.4) is 0 Å². The number of rotatable bonds is 5. The van der Waals surface area contributed by atoms with Crippen LogP contribution < -0.4 is 0 Å². The minimum Gasteiger partial charge on any atom is -0.481 e. The fraction of sp³-hybridized carbons (Fsp3) is 0.333. The van der Waals surface area contributed by atoms with Crippen LogP contribution in [0.25, 0.3) is 0 Å². The predicted molar refractivity (Wildman–Crippen MR) is 98.0 cm³/mol. The summed E-state index contributed by atoms with van der Waals surface area (Å²) in [5.41, 5.74) is 1.35. The van der Waals surface area contributed by atoms with E-state index in [0.29, 0.717) is 38.1 Å². The number of ether oxygens (including phenoxy) is 1. The van der Waals surface area contributed by atoms with Crippen LogP contribution in [-0.2, 0) is 21.6 Å². The quantitative estimate of drug-likeness (QED) is 0.897. The lowest BCUT2D eigenvalue weighted by molar-refractivity contribution is -0.145. The maximum atomic E-state index is 12.9. The number of carboxylic acids is 1. The topological polar surface area (TPSA) is 66.8 Å². The number of aliphatic carboxylic acids is 1. The number of amides is 1. The van der Waals surface area contributed by atoms with Crippen molar-refractivity contribution in [3.63, 3.8) is 0 Å². The van der Waals surface area contributed by atoms with Crippen LogP contribution >= 0.6 is 0 Å². The molecule has 0 atom stereocenters. The van der Waals surface area contributed by atoms with Crippen molar-refractivity contribution in [2.75, 3.05) is 20.2 Å². The van der Waals surface area contributed by atoms with Gasteiger partial charge in [0.1, 0.15) is 0 Å². The van der Waals surface area contributed by atoms with Crippen molar-refractivity contribution in [3.8, 4) is 0 Å². The molecule has 2 aromatic rings. The fourth-order valence-corrected chi connectivity index (χ4v) is 3.66. The molecular weight excluding hydrogens is 330 g/mol. The number of methoxy groups -OCH3 is 1. The lowest BCUT2D eigenvalue weighted by Gasteiger charge is -2.39. The molecule has 0 saturated carbocycles. The SMILES string of the molecule is COCc1ccccc1C(=O)N1CCC(C(=O)O)(c2ccccc2)CC1. The lowest BCUT2D eigenvalue weighted by Crippen LogP contribution is -2.49. The van der Waals surface area contributed by atoms with Crippen molar-refractivity contribution in [2.45, 2.75) is 24.9 Å². The summed E-state index contributed by atoms with van der Waals surface area (Å²) in [6.07, 6.45) is 0.815. The second-order valence-electron chi connectivity index (χ2n) is 6.64. The molecule has 3 rings (SSSR count). The smallest absolute Gasteiger partial charge is 0.314 e. The Morgan fingerprint density at radius 3 is 2.27 bits per heavy atom. The van der Waals surface area contributed by atoms with Gasteiger partial charge >= 0.3 is 5.97 Å². The summed E-state index contributed by atoms with van der Waals surface area (Å²) in [5.74, 6) is -0.889. The van der Waals surface area contributed by atoms with Crippen LogP contribution in [0.5, 0.6) is 0 Å². The maximum Gasteiger partial charge on any atom is 0.314 e. The first kappa shape index (κ1) is 18.1. The molecule has 5 nitrogen and oxygen atoms in total. The first-order chi connectivity index (χ1) is 12.6. The molecule has 0 radical (unpaired) electrons. The number of piperidine rings is 1. The van der Waals surface area contributed by atoms with E-state index in [-0.39, 0.29) is 5.91 Å². The monoisotopic (exact) mass is 353 g/mol. The Bertz CT molecular complexity index is 780. The highest BCUT2D eigenvalue weighted by molar-refractivity contribution is 5.96. The van der Waals surface area contributed by atoms with Gasteiger partial charge in [-0.15, -0.1) is 0 Å². The van der Waals surface area contributed by atoms with Crippen molar-refractivity contribution < 1.29 is 19.4 Å². The zero-order valence-electron chi connectivity index (χ0n) is 14.9. The Labute approximate surface area is 153 Å². The van der Waals surface area contributed by atoms with E-state index >= 15 is 0 Å². The number of benzene rings is 2. The molecule has 0 aromatic heterocycles. The van der Waals surface area contributed by atoms with Crippen LogP contribution in [-0.4, -0.2) is 42.1 Å². The molecule has 1 fully saturated rings. The Kier molecular flexibility index (Phi) is 5.38. The molecule has 1 amide bonds. The van der Waals surface area contributed by atoms with E-state index in [0.717, 1.165) is 11.1 Å². The van der Waals surface area contributed by atoms with Gasteiger partial charge in [0.05, 0.1) is 12.0 Å². The second-order valence-corrected chi connectivity index (χ2v) is 6.64. The van der Waals surface area contributed by atoms with Crippen molar-refractivity contribution in [1.82, 2.24) is 4.90 Å². The number of nitrogens with zero attached hydrogens (tertiary/aromatic N) is 1. The molecule has 0 spiro atoms. The standard InChI is InChI=1S/C21H23NO4/c1-26-15-16-7-5-6-10-18(16)19(23)22-13-11-21(12-14-22,20(24)25)17-8-3-2-4-9-17/h2-10H,11-15H2,1H3,(H,24,25). The van der Waals surface area contributed by atoms with Gasteiger partial charge in [-0.1, -0.05) is 48.5 Å². The highest BCUT2D eigenvalue weighted by Crippen LogP contribution is 2.36. The molecule has 1 heterocycles. The predicted octanol–water partition coefficient (Wildman–Crippen LogP) is 3.09. The van der Waals surface area contributed by atoms with Gasteiger partial charge in [0.2, 0.25) is 0 Å². The second kappa shape index (κ2) is 7.70. The van der Waals surface area contributed by atoms with Crippen LogP contribution in [0.15, 0.2) is 54.6 Å². The Balaban J connectivity index is 1.79. The van der Waals surface area contributed by atoms with Crippen LogP contribution in [0.4, 0.5) is 0 Å². The van der Waals surface area contributed by atoms with Gasteiger partial charge in [0.25, 0.3) is 5.91 Å². The summed E-state index contributed by atoms with van der Waals surface area (Å²) in [6.45, 7) is 1.21. The summed E-state index contributed by atoms with van der Waals surface area (Å²) < 4.78 is 5.18. The summed E-state index contributed by atoms with van der Waals surface area (Å²) in [4.78, 5) is 26.7. The molecule has 1 saturated heterocycles. The molecule has 0 unspecified atom stereocenters. The van der Waals surface area contributed by atoms with Gasteiger partial charge in [-0.25, -0.2) is 0 Å². The normalized spacial score (nSPS) is 16.3. The fourth-order valence-electron chi connectivity index (χ4n) is 3.66. The average molecular weight is 353 g/mol. The number of likely N-dealkylation sites (tertiary alicyclic amines) is 1. The van der Waals surface area contributed by atoms with Crippen molar-refractivity contribution in [1.29, 1.82) is 0 Å². The van der Waals surface area contributed by atoms with Crippen LogP contribution in [0.1, 0.15) is 34.3 Å². The third-order valence-electron chi connectivity index (χ3n) is 5.19. The van der Waals surface area contributed by atoms with E-state index in [1.807, 2.05) is 48.5 Å². The molecule has 1 aliphatic rings. The zero-order valence-corrected chi connectivity index (χ0v) is 14.9. The van der Waals surface area contributed by atoms with E-state index in [1.165, 1.54) is 0 Å². The number of carboxylic acid groups (broad SMARTS) is 1. The summed E-state index contributed by atoms with van der Waals surface area (Å²) in [7, 11) is 1.60. The van der Waals surface area contributed by atoms with E-state index in [2.05, 4.69) is 0 Å². The summed E-state index contributed by atoms with van der Waals surface area (Å²) >= 11 is 0. The van der Waals surface area contributed by atoms with Crippen LogP contribution in [0, 0.1) is 0 Å². The van der Waals surface area contributed by atoms with E-state index in [9.17, 15) is 14.7 Å². The zero-order chi connectivity index (χ0) is 18.6. The minimum absolute atomic E-state index is 0.0651. The third-order valence-corrected chi connectivity index (χ3v) is 5.19. The van der Waals surface area contributed by atoms with Gasteiger partial charge in [0, 0.05) is 25.8 Å². The largest absolute Gasteiger partial charge is 0.481 e. The molecule has 136 valence electrons. The van der Waals surface area contributed by atoms with E-state index < -0.39 is 11.4 Å². The highest BCUT2D eigenvalue weighted by atomic mass is 16.5. The van der Waals surface area contributed by atoms with Gasteiger partial charge in [0.15, 0.2) is 0 Å². The Morgan fingerprint density at radius 2 is 1.65 bits per heavy atom. The van der Waals surface area contributed by atoms with Gasteiger partial charge < -0.3 is 14.7 Å². The average Bonchev–Trinajstić information content (AvgIpc) is 2.69. The summed E-state index contributed by atoms with van der Waals surface area (Å²) in [5, 5.41) is 9.88. The molecule has 1 aliphatic heterocycles. The molecule has 0 bridgehead atoms. The van der Waals surface area contributed by atoms with Crippen molar-refractivity contribution in [3.05, 3.63) is 71.3 Å². The number of hydrogen-bond donors (Lipinski definition) is 1. The van der Waals surface area contributed by atoms with Crippen molar-refractivity contribution in [2.24, 2.45) is 0 Å². The molecule has 1 N–H and O–H groups in total. The van der Waals surface area contributed by atoms with Gasteiger partial charge in [-0.3, -0.25) is 9.59 Å². The molecular formula is C21H23NO4. The first-order valence-corrected chi connectivity index (χ1v) is 8.73. The highest BCUT2D eigenvalue weighted by Gasteiger charge is 2.44. The Morgan fingerprint density at radius 1 is 1.04 bits per heavy atom. The molecule has 26 heavy (non-hydrogen) atoms. The molecule has 2 aromatic carbocycles. The van der Waals surface area contributed by atoms with Gasteiger partial charge in [-0.2, -0.15) is 0 Å². The maximum absolute atomic E-state index is 12.9. The number of carbonyl (C=O) groups excluding carboxylic acids is 1. The van der Waals surface area contributed by atoms with E-state index in [4.69, 9.17) is 4.74 Å². The van der Waals surface area contributed by atoms with Gasteiger partial charge in [-0.05, 0) is 30.0 Å². The number of carbonyl (C=O) groups is 2. The third kappa shape index (κ3) is 3.35. The lowest BCUT2D eigenvalue weighted by atomic mass is 9.72. The van der Waals surface area contributed by atoms with Crippen LogP contribution in [0.2, 0.25) is 0 Å². The Hall–Kier alpha value is -2.66. The van der Waals surface area contributed by atoms with E-state index in [1.54, 1.807) is 18.1 Å².